The third-order valence-electron chi connectivity index (χ3n) is 2.82. The van der Waals surface area contributed by atoms with Crippen molar-refractivity contribution >= 4 is 0 Å². The van der Waals surface area contributed by atoms with Crippen LogP contribution in [0.3, 0.4) is 0 Å². The van der Waals surface area contributed by atoms with Crippen molar-refractivity contribution in [2.75, 3.05) is 13.1 Å². The fourth-order valence-electron chi connectivity index (χ4n) is 1.67. The second-order valence-corrected chi connectivity index (χ2v) is 3.98. The summed E-state index contributed by atoms with van der Waals surface area (Å²) in [4.78, 5) is 6.49. The molecule has 4 nitrogen and oxygen atoms in total. The van der Waals surface area contributed by atoms with E-state index in [1.807, 2.05) is 0 Å². The Kier molecular flexibility index (Phi) is 4.04. The van der Waals surface area contributed by atoms with Crippen LogP contribution in [-0.2, 0) is 6.54 Å². The molecule has 1 heterocycles. The SMILES string of the molecule is CCN(CC)Cc1nc(-c2ccc(F)cc2)no1. The maximum Gasteiger partial charge on any atom is 0.241 e. The summed E-state index contributed by atoms with van der Waals surface area (Å²) in [6.07, 6.45) is 0. The van der Waals surface area contributed by atoms with Gasteiger partial charge >= 0.3 is 0 Å². The van der Waals surface area contributed by atoms with Crippen molar-refractivity contribution < 1.29 is 8.91 Å². The number of benzene rings is 1. The first-order valence-corrected chi connectivity index (χ1v) is 6.03. The lowest BCUT2D eigenvalue weighted by Crippen LogP contribution is -2.22. The van der Waals surface area contributed by atoms with Crippen LogP contribution in [-0.4, -0.2) is 28.1 Å². The molecular weight excluding hydrogens is 233 g/mol. The third-order valence-corrected chi connectivity index (χ3v) is 2.82. The van der Waals surface area contributed by atoms with Crippen molar-refractivity contribution in [3.05, 3.63) is 36.0 Å². The average molecular weight is 249 g/mol. The summed E-state index contributed by atoms with van der Waals surface area (Å²) < 4.78 is 18.0. The van der Waals surface area contributed by atoms with Gasteiger partial charge in [-0.1, -0.05) is 19.0 Å². The Balaban J connectivity index is 2.12. The van der Waals surface area contributed by atoms with E-state index in [1.54, 1.807) is 12.1 Å². The Morgan fingerprint density at radius 1 is 1.17 bits per heavy atom. The maximum absolute atomic E-state index is 12.8. The fourth-order valence-corrected chi connectivity index (χ4v) is 1.67. The molecule has 0 spiro atoms. The van der Waals surface area contributed by atoms with Crippen LogP contribution in [0.5, 0.6) is 0 Å². The van der Waals surface area contributed by atoms with Crippen LogP contribution in [0.25, 0.3) is 11.4 Å². The van der Waals surface area contributed by atoms with E-state index >= 15 is 0 Å². The quantitative estimate of drug-likeness (QED) is 0.817. The number of hydrogen-bond acceptors (Lipinski definition) is 4. The summed E-state index contributed by atoms with van der Waals surface area (Å²) in [5.74, 6) is 0.806. The van der Waals surface area contributed by atoms with E-state index < -0.39 is 0 Å². The molecule has 1 aromatic carbocycles. The zero-order valence-electron chi connectivity index (χ0n) is 10.6. The largest absolute Gasteiger partial charge is 0.338 e. The third kappa shape index (κ3) is 2.92. The van der Waals surface area contributed by atoms with E-state index in [9.17, 15) is 4.39 Å². The topological polar surface area (TPSA) is 42.2 Å². The van der Waals surface area contributed by atoms with Gasteiger partial charge in [-0.05, 0) is 37.4 Å². The predicted molar refractivity (Wildman–Crippen MR) is 66.3 cm³/mol. The zero-order valence-corrected chi connectivity index (χ0v) is 10.6. The molecule has 0 amide bonds. The Bertz CT molecular complexity index is 491. The first-order chi connectivity index (χ1) is 8.72. The molecule has 0 saturated carbocycles. The van der Waals surface area contributed by atoms with Gasteiger partial charge in [-0.15, -0.1) is 0 Å². The first-order valence-electron chi connectivity index (χ1n) is 6.03. The molecule has 0 N–H and O–H groups in total. The molecule has 0 aliphatic heterocycles. The molecule has 5 heteroatoms. The van der Waals surface area contributed by atoms with E-state index in [0.717, 1.165) is 18.7 Å². The van der Waals surface area contributed by atoms with Gasteiger partial charge in [0.2, 0.25) is 11.7 Å². The van der Waals surface area contributed by atoms with Crippen molar-refractivity contribution in [2.45, 2.75) is 20.4 Å². The molecule has 96 valence electrons. The Morgan fingerprint density at radius 3 is 2.44 bits per heavy atom. The van der Waals surface area contributed by atoms with Gasteiger partial charge in [0.1, 0.15) is 5.82 Å². The summed E-state index contributed by atoms with van der Waals surface area (Å²) in [5, 5.41) is 3.90. The molecule has 1 aromatic heterocycles. The first kappa shape index (κ1) is 12.7. The van der Waals surface area contributed by atoms with E-state index in [1.165, 1.54) is 12.1 Å². The monoisotopic (exact) mass is 249 g/mol. The molecule has 0 fully saturated rings. The van der Waals surface area contributed by atoms with Crippen molar-refractivity contribution in [2.24, 2.45) is 0 Å². The minimum absolute atomic E-state index is 0.273. The molecule has 2 rings (SSSR count). The lowest BCUT2D eigenvalue weighted by Gasteiger charge is -2.14. The van der Waals surface area contributed by atoms with Gasteiger partial charge in [0.05, 0.1) is 6.54 Å². The molecule has 18 heavy (non-hydrogen) atoms. The van der Waals surface area contributed by atoms with Gasteiger partial charge in [0.15, 0.2) is 0 Å². The average Bonchev–Trinajstić information content (AvgIpc) is 2.85. The second-order valence-electron chi connectivity index (χ2n) is 3.98. The molecule has 0 aliphatic rings. The summed E-state index contributed by atoms with van der Waals surface area (Å²) in [6.45, 7) is 6.68. The van der Waals surface area contributed by atoms with Crippen LogP contribution in [0.4, 0.5) is 4.39 Å². The predicted octanol–water partition coefficient (Wildman–Crippen LogP) is 2.72. The van der Waals surface area contributed by atoms with Gasteiger partial charge in [0.25, 0.3) is 0 Å². The van der Waals surface area contributed by atoms with Crippen LogP contribution >= 0.6 is 0 Å². The highest BCUT2D eigenvalue weighted by atomic mass is 19.1. The lowest BCUT2D eigenvalue weighted by atomic mass is 10.2. The van der Waals surface area contributed by atoms with Gasteiger partial charge < -0.3 is 4.52 Å². The standard InChI is InChI=1S/C13H16FN3O/c1-3-17(4-2)9-12-15-13(16-18-12)10-5-7-11(14)8-6-10/h5-8H,3-4,9H2,1-2H3. The molecule has 0 unspecified atom stereocenters. The van der Waals surface area contributed by atoms with E-state index in [2.05, 4.69) is 28.9 Å². The maximum atomic E-state index is 12.8. The lowest BCUT2D eigenvalue weighted by molar-refractivity contribution is 0.246. The summed E-state index contributed by atoms with van der Waals surface area (Å²) >= 11 is 0. The molecule has 0 bridgehead atoms. The number of hydrogen-bond donors (Lipinski definition) is 0. The van der Waals surface area contributed by atoms with E-state index in [-0.39, 0.29) is 5.82 Å². The van der Waals surface area contributed by atoms with E-state index in [0.29, 0.717) is 18.3 Å². The fraction of sp³-hybridized carbons (Fsp3) is 0.385. The Morgan fingerprint density at radius 2 is 1.83 bits per heavy atom. The van der Waals surface area contributed by atoms with E-state index in [4.69, 9.17) is 4.52 Å². The molecular formula is C13H16FN3O. The molecule has 0 saturated heterocycles. The van der Waals surface area contributed by atoms with Gasteiger partial charge in [0, 0.05) is 5.56 Å². The normalized spacial score (nSPS) is 11.1. The van der Waals surface area contributed by atoms with Gasteiger partial charge in [-0.2, -0.15) is 4.98 Å². The zero-order chi connectivity index (χ0) is 13.0. The summed E-state index contributed by atoms with van der Waals surface area (Å²) in [5.41, 5.74) is 0.756. The van der Waals surface area contributed by atoms with Crippen LogP contribution < -0.4 is 0 Å². The van der Waals surface area contributed by atoms with Crippen molar-refractivity contribution in [1.82, 2.24) is 15.0 Å². The molecule has 0 atom stereocenters. The molecule has 2 aromatic rings. The van der Waals surface area contributed by atoms with Gasteiger partial charge in [-0.3, -0.25) is 4.90 Å². The van der Waals surface area contributed by atoms with Crippen molar-refractivity contribution in [3.63, 3.8) is 0 Å². The number of aromatic nitrogens is 2. The van der Waals surface area contributed by atoms with Crippen LogP contribution in [0, 0.1) is 5.82 Å². The highest BCUT2D eigenvalue weighted by molar-refractivity contribution is 5.53. The van der Waals surface area contributed by atoms with Crippen LogP contribution in [0.15, 0.2) is 28.8 Å². The van der Waals surface area contributed by atoms with Crippen molar-refractivity contribution in [3.8, 4) is 11.4 Å². The van der Waals surface area contributed by atoms with Crippen LogP contribution in [0.2, 0.25) is 0 Å². The number of nitrogens with zero attached hydrogens (tertiary/aromatic N) is 3. The smallest absolute Gasteiger partial charge is 0.241 e. The highest BCUT2D eigenvalue weighted by Crippen LogP contribution is 2.16. The Hall–Kier alpha value is -1.75. The Labute approximate surface area is 105 Å². The second kappa shape index (κ2) is 5.73. The summed E-state index contributed by atoms with van der Waals surface area (Å²) in [6, 6.07) is 6.05. The van der Waals surface area contributed by atoms with Crippen LogP contribution in [0.1, 0.15) is 19.7 Å². The summed E-state index contributed by atoms with van der Waals surface area (Å²) in [7, 11) is 0. The number of rotatable bonds is 5. The minimum Gasteiger partial charge on any atom is -0.338 e. The van der Waals surface area contributed by atoms with Crippen molar-refractivity contribution in [1.29, 1.82) is 0 Å². The van der Waals surface area contributed by atoms with Gasteiger partial charge in [-0.25, -0.2) is 4.39 Å². The molecule has 0 radical (unpaired) electrons. The molecule has 0 aliphatic carbocycles. The number of halogens is 1. The minimum atomic E-state index is -0.273. The highest BCUT2D eigenvalue weighted by Gasteiger charge is 2.11.